The zero-order valence-corrected chi connectivity index (χ0v) is 11.5. The third-order valence-electron chi connectivity index (χ3n) is 2.77. The number of carbonyl (C=O) groups excluding carboxylic acids is 1. The van der Waals surface area contributed by atoms with Gasteiger partial charge < -0.3 is 10.1 Å². The van der Waals surface area contributed by atoms with Gasteiger partial charge in [-0.2, -0.15) is 18.3 Å². The number of ether oxygens (including phenoxy) is 1. The van der Waals surface area contributed by atoms with E-state index >= 15 is 0 Å². The Labute approximate surface area is 126 Å². The Morgan fingerprint density at radius 1 is 1.39 bits per heavy atom. The van der Waals surface area contributed by atoms with Crippen LogP contribution in [-0.2, 0) is 6.18 Å². The van der Waals surface area contributed by atoms with E-state index in [1.54, 1.807) is 5.10 Å². The van der Waals surface area contributed by atoms with Crippen LogP contribution in [0.5, 0.6) is 5.75 Å². The van der Waals surface area contributed by atoms with E-state index in [9.17, 15) is 28.1 Å². The van der Waals surface area contributed by atoms with Gasteiger partial charge in [-0.05, 0) is 12.1 Å². The number of rotatable bonds is 4. The maximum atomic E-state index is 12.4. The number of nitrogens with zero attached hydrogens (tertiary/aromatic N) is 2. The highest BCUT2D eigenvalue weighted by molar-refractivity contribution is 6.04. The van der Waals surface area contributed by atoms with Crippen molar-refractivity contribution >= 4 is 17.3 Å². The lowest BCUT2D eigenvalue weighted by Gasteiger charge is -2.06. The number of amides is 1. The molecule has 1 aromatic carbocycles. The molecule has 0 radical (unpaired) electrons. The number of carbonyl (C=O) groups is 1. The number of hydrogen-bond donors (Lipinski definition) is 2. The van der Waals surface area contributed by atoms with Gasteiger partial charge in [0.2, 0.25) is 0 Å². The Kier molecular flexibility index (Phi) is 4.20. The van der Waals surface area contributed by atoms with Crippen molar-refractivity contribution in [2.75, 3.05) is 12.4 Å². The van der Waals surface area contributed by atoms with Gasteiger partial charge in [0, 0.05) is 6.07 Å². The van der Waals surface area contributed by atoms with Gasteiger partial charge in [0.25, 0.3) is 11.6 Å². The number of aromatic nitrogens is 2. The first-order chi connectivity index (χ1) is 10.7. The van der Waals surface area contributed by atoms with E-state index in [0.717, 1.165) is 6.07 Å². The second-order valence-electron chi connectivity index (χ2n) is 4.26. The minimum absolute atomic E-state index is 0.189. The van der Waals surface area contributed by atoms with E-state index < -0.39 is 34.1 Å². The number of nitro groups is 1. The number of hydrogen-bond acceptors (Lipinski definition) is 5. The van der Waals surface area contributed by atoms with E-state index in [0.29, 0.717) is 6.07 Å². The second kappa shape index (κ2) is 5.94. The van der Waals surface area contributed by atoms with Crippen molar-refractivity contribution in [3.63, 3.8) is 0 Å². The summed E-state index contributed by atoms with van der Waals surface area (Å²) in [6.45, 7) is 0. The Morgan fingerprint density at radius 3 is 2.61 bits per heavy atom. The van der Waals surface area contributed by atoms with Crippen molar-refractivity contribution < 1.29 is 27.6 Å². The van der Waals surface area contributed by atoms with Crippen LogP contribution in [0.2, 0.25) is 0 Å². The number of H-pyrrole nitrogens is 1. The maximum Gasteiger partial charge on any atom is 0.432 e. The van der Waals surface area contributed by atoms with Crippen LogP contribution in [0.3, 0.4) is 0 Å². The topological polar surface area (TPSA) is 110 Å². The predicted molar refractivity (Wildman–Crippen MR) is 71.2 cm³/mol. The Bertz CT molecular complexity index is 757. The Morgan fingerprint density at radius 2 is 2.09 bits per heavy atom. The van der Waals surface area contributed by atoms with Gasteiger partial charge in [-0.1, -0.05) is 0 Å². The highest BCUT2D eigenvalue weighted by atomic mass is 19.4. The van der Waals surface area contributed by atoms with Gasteiger partial charge in [-0.3, -0.25) is 20.0 Å². The van der Waals surface area contributed by atoms with Gasteiger partial charge in [0.1, 0.15) is 17.1 Å². The summed E-state index contributed by atoms with van der Waals surface area (Å²) in [5.41, 5.74) is -2.42. The third-order valence-corrected chi connectivity index (χ3v) is 2.77. The van der Waals surface area contributed by atoms with E-state index in [4.69, 9.17) is 4.74 Å². The molecule has 0 fully saturated rings. The first-order valence-electron chi connectivity index (χ1n) is 5.98. The number of halogens is 3. The molecule has 0 spiro atoms. The van der Waals surface area contributed by atoms with Crippen LogP contribution in [0.4, 0.5) is 24.5 Å². The molecule has 0 aliphatic rings. The molecule has 11 heteroatoms. The van der Waals surface area contributed by atoms with Crippen molar-refractivity contribution in [3.8, 4) is 5.75 Å². The van der Waals surface area contributed by atoms with Crippen LogP contribution < -0.4 is 10.1 Å². The second-order valence-corrected chi connectivity index (χ2v) is 4.26. The highest BCUT2D eigenvalue weighted by Crippen LogP contribution is 2.30. The molecule has 0 bridgehead atoms. The number of anilines is 1. The SMILES string of the molecule is COc1ccc(NC(=O)c2cc(C(F)(F)F)[nH]n2)c([N+](=O)[O-])c1. The molecule has 0 aliphatic carbocycles. The van der Waals surface area contributed by atoms with Crippen LogP contribution in [0.15, 0.2) is 24.3 Å². The van der Waals surface area contributed by atoms with E-state index in [1.165, 1.54) is 19.2 Å². The van der Waals surface area contributed by atoms with Gasteiger partial charge in [0.05, 0.1) is 18.1 Å². The number of nitrogens with one attached hydrogen (secondary N) is 2. The van der Waals surface area contributed by atoms with Gasteiger partial charge in [-0.15, -0.1) is 0 Å². The van der Waals surface area contributed by atoms with E-state index in [-0.39, 0.29) is 11.4 Å². The molecule has 0 saturated carbocycles. The Balaban J connectivity index is 2.27. The number of alkyl halides is 3. The molecule has 23 heavy (non-hydrogen) atoms. The molecule has 2 N–H and O–H groups in total. The fourth-order valence-electron chi connectivity index (χ4n) is 1.66. The van der Waals surface area contributed by atoms with Crippen molar-refractivity contribution in [1.29, 1.82) is 0 Å². The predicted octanol–water partition coefficient (Wildman–Crippen LogP) is 2.60. The summed E-state index contributed by atoms with van der Waals surface area (Å²) in [5, 5.41) is 18.0. The molecule has 1 amide bonds. The lowest BCUT2D eigenvalue weighted by molar-refractivity contribution is -0.384. The molecule has 0 saturated heterocycles. The first-order valence-corrected chi connectivity index (χ1v) is 5.98. The molecule has 0 atom stereocenters. The standard InChI is InChI=1S/C12H9F3N4O4/c1-23-6-2-3-7(9(4-6)19(21)22)16-11(20)8-5-10(18-17-8)12(13,14)15/h2-5H,1H3,(H,16,20)(H,17,18). The van der Waals surface area contributed by atoms with Crippen LogP contribution in [-0.4, -0.2) is 28.1 Å². The molecule has 0 aliphatic heterocycles. The summed E-state index contributed by atoms with van der Waals surface area (Å²) in [7, 11) is 1.31. The summed E-state index contributed by atoms with van der Waals surface area (Å²) in [6, 6.07) is 4.13. The van der Waals surface area contributed by atoms with Gasteiger partial charge in [-0.25, -0.2) is 0 Å². The summed E-state index contributed by atoms with van der Waals surface area (Å²) in [6.07, 6.45) is -4.68. The first kappa shape index (κ1) is 16.3. The smallest absolute Gasteiger partial charge is 0.432 e. The van der Waals surface area contributed by atoms with Crippen molar-refractivity contribution in [2.24, 2.45) is 0 Å². The average Bonchev–Trinajstić information content (AvgIpc) is 2.97. The maximum absolute atomic E-state index is 12.4. The molecule has 2 rings (SSSR count). The summed E-state index contributed by atoms with van der Waals surface area (Å²) in [5.74, 6) is -0.834. The van der Waals surface area contributed by atoms with Crippen molar-refractivity contribution in [1.82, 2.24) is 10.2 Å². The third kappa shape index (κ3) is 3.56. The normalized spacial score (nSPS) is 11.1. The zero-order valence-electron chi connectivity index (χ0n) is 11.5. The van der Waals surface area contributed by atoms with Gasteiger partial charge in [0.15, 0.2) is 5.69 Å². The van der Waals surface area contributed by atoms with Crippen LogP contribution >= 0.6 is 0 Å². The number of aromatic amines is 1. The van der Waals surface area contributed by atoms with E-state index in [1.807, 2.05) is 0 Å². The quantitative estimate of drug-likeness (QED) is 0.661. The number of methoxy groups -OCH3 is 1. The van der Waals surface area contributed by atoms with Crippen molar-refractivity contribution in [3.05, 3.63) is 45.8 Å². The molecule has 1 heterocycles. The molecule has 122 valence electrons. The average molecular weight is 330 g/mol. The lowest BCUT2D eigenvalue weighted by atomic mass is 10.2. The molecule has 8 nitrogen and oxygen atoms in total. The zero-order chi connectivity index (χ0) is 17.2. The number of nitro benzene ring substituents is 1. The molecular formula is C12H9F3N4O4. The molecule has 2 aromatic rings. The summed E-state index contributed by atoms with van der Waals surface area (Å²) >= 11 is 0. The van der Waals surface area contributed by atoms with E-state index in [2.05, 4.69) is 10.4 Å². The number of benzene rings is 1. The highest BCUT2D eigenvalue weighted by Gasteiger charge is 2.34. The Hall–Kier alpha value is -3.11. The minimum Gasteiger partial charge on any atom is -0.496 e. The van der Waals surface area contributed by atoms with Crippen LogP contribution in [0.25, 0.3) is 0 Å². The lowest BCUT2D eigenvalue weighted by Crippen LogP contribution is -2.13. The molecule has 0 unspecified atom stereocenters. The van der Waals surface area contributed by atoms with Crippen molar-refractivity contribution in [2.45, 2.75) is 6.18 Å². The monoisotopic (exact) mass is 330 g/mol. The fourth-order valence-corrected chi connectivity index (χ4v) is 1.66. The molecule has 1 aromatic heterocycles. The summed E-state index contributed by atoms with van der Waals surface area (Å²) < 4.78 is 42.1. The van der Waals surface area contributed by atoms with Crippen LogP contribution in [0, 0.1) is 10.1 Å². The van der Waals surface area contributed by atoms with Crippen LogP contribution in [0.1, 0.15) is 16.2 Å². The fraction of sp³-hybridized carbons (Fsp3) is 0.167. The molecular weight excluding hydrogens is 321 g/mol. The summed E-state index contributed by atoms with van der Waals surface area (Å²) in [4.78, 5) is 22.1. The largest absolute Gasteiger partial charge is 0.496 e. The van der Waals surface area contributed by atoms with Gasteiger partial charge >= 0.3 is 6.18 Å². The minimum atomic E-state index is -4.68.